The minimum absolute atomic E-state index is 0. The van der Waals surface area contributed by atoms with Crippen LogP contribution in [0.4, 0.5) is 0 Å². The summed E-state index contributed by atoms with van der Waals surface area (Å²) in [5.41, 5.74) is 0. The molecular weight excluding hydrogens is 192 g/mol. The van der Waals surface area contributed by atoms with Crippen molar-refractivity contribution in [2.24, 2.45) is 0 Å². The van der Waals surface area contributed by atoms with Crippen LogP contribution in [0.1, 0.15) is 0 Å². The van der Waals surface area contributed by atoms with Crippen LogP contribution in [-0.2, 0) is 0 Å². The van der Waals surface area contributed by atoms with Crippen molar-refractivity contribution >= 4 is 23.7 Å². The second-order valence-electron chi connectivity index (χ2n) is 0.793. The van der Waals surface area contributed by atoms with Crippen molar-refractivity contribution in [2.75, 3.05) is 0 Å². The van der Waals surface area contributed by atoms with Crippen LogP contribution in [0.15, 0.2) is 29.1 Å². The van der Waals surface area contributed by atoms with Crippen LogP contribution in [0.25, 0.3) is 0 Å². The van der Waals surface area contributed by atoms with E-state index in [4.69, 9.17) is 0 Å². The Morgan fingerprint density at radius 1 is 1.00 bits per heavy atom. The average Bonchev–Trinajstić information content (AvgIpc) is 1.76. The van der Waals surface area contributed by atoms with E-state index >= 15 is 0 Å². The van der Waals surface area contributed by atoms with Gasteiger partial charge in [-0.2, -0.15) is 0 Å². The summed E-state index contributed by atoms with van der Waals surface area (Å²) in [7, 11) is 0. The van der Waals surface area contributed by atoms with Gasteiger partial charge in [0, 0.05) is 23.7 Å². The van der Waals surface area contributed by atoms with Crippen molar-refractivity contribution in [3.63, 3.8) is 0 Å². The topological polar surface area (TPSA) is 13.1 Å². The van der Waals surface area contributed by atoms with Crippen LogP contribution in [0, 0.1) is 0 Å². The molecule has 2 heteroatoms. The van der Waals surface area contributed by atoms with E-state index in [1.807, 2.05) is 12.1 Å². The SMILES string of the molecule is [Te].c1ccoc1. The van der Waals surface area contributed by atoms with E-state index in [1.54, 1.807) is 12.5 Å². The van der Waals surface area contributed by atoms with Crippen molar-refractivity contribution < 1.29 is 4.42 Å². The van der Waals surface area contributed by atoms with E-state index in [2.05, 4.69) is 4.42 Å². The fourth-order valence-corrected chi connectivity index (χ4v) is 0.227. The molecule has 0 fully saturated rings. The van der Waals surface area contributed by atoms with E-state index in [-0.39, 0.29) is 23.7 Å². The standard InChI is InChI=1S/C4H4O.Te/c1-2-4-5-3-1;/h1-4H;. The van der Waals surface area contributed by atoms with Crippen molar-refractivity contribution in [1.82, 2.24) is 0 Å². The monoisotopic (exact) mass is 198 g/mol. The molecule has 1 nitrogen and oxygen atoms in total. The Bertz CT molecular complexity index is 64.0. The fraction of sp³-hybridized carbons (Fsp3) is 0. The number of rotatable bonds is 0. The average molecular weight is 196 g/mol. The van der Waals surface area contributed by atoms with Gasteiger partial charge in [0.25, 0.3) is 0 Å². The molecule has 1 aromatic heterocycles. The van der Waals surface area contributed by atoms with Gasteiger partial charge in [0.15, 0.2) is 0 Å². The van der Waals surface area contributed by atoms with Crippen molar-refractivity contribution in [3.05, 3.63) is 24.7 Å². The van der Waals surface area contributed by atoms with Crippen LogP contribution < -0.4 is 0 Å². The first-order valence-corrected chi connectivity index (χ1v) is 1.47. The van der Waals surface area contributed by atoms with Gasteiger partial charge in [0.1, 0.15) is 0 Å². The predicted molar refractivity (Wildman–Crippen MR) is 24.5 cm³/mol. The van der Waals surface area contributed by atoms with Gasteiger partial charge in [-0.1, -0.05) is 0 Å². The summed E-state index contributed by atoms with van der Waals surface area (Å²) in [4.78, 5) is 0. The Kier molecular flexibility index (Phi) is 3.30. The Morgan fingerprint density at radius 2 is 1.50 bits per heavy atom. The largest absolute Gasteiger partial charge is 0.473 e. The molecule has 0 saturated heterocycles. The molecule has 1 rings (SSSR count). The van der Waals surface area contributed by atoms with E-state index in [1.165, 1.54) is 0 Å². The summed E-state index contributed by atoms with van der Waals surface area (Å²) in [6.45, 7) is 0. The number of hydrogen-bond donors (Lipinski definition) is 0. The fourth-order valence-electron chi connectivity index (χ4n) is 0.227. The summed E-state index contributed by atoms with van der Waals surface area (Å²) in [6.07, 6.45) is 3.25. The van der Waals surface area contributed by atoms with Gasteiger partial charge in [-0.05, 0) is 12.1 Å². The predicted octanol–water partition coefficient (Wildman–Crippen LogP) is 0.899. The van der Waals surface area contributed by atoms with E-state index < -0.39 is 0 Å². The molecule has 0 aromatic carbocycles. The molecular formula is C4H4OTe. The molecule has 32 valence electrons. The molecule has 0 unspecified atom stereocenters. The number of hydrogen-bond acceptors (Lipinski definition) is 1. The van der Waals surface area contributed by atoms with Crippen molar-refractivity contribution in [1.29, 1.82) is 0 Å². The summed E-state index contributed by atoms with van der Waals surface area (Å²) in [6, 6.07) is 3.67. The quantitative estimate of drug-likeness (QED) is 0.561. The molecule has 1 heterocycles. The Hall–Kier alpha value is 0.0696. The Morgan fingerprint density at radius 3 is 1.67 bits per heavy atom. The molecule has 0 aliphatic heterocycles. The molecule has 0 saturated carbocycles. The molecule has 0 N–H and O–H groups in total. The maximum absolute atomic E-state index is 4.58. The molecule has 0 spiro atoms. The summed E-state index contributed by atoms with van der Waals surface area (Å²) < 4.78 is 4.58. The summed E-state index contributed by atoms with van der Waals surface area (Å²) >= 11 is 0. The maximum Gasteiger partial charge on any atom is 0.0902 e. The first-order valence-electron chi connectivity index (χ1n) is 1.47. The normalized spacial score (nSPS) is 6.67. The van der Waals surface area contributed by atoms with Crippen molar-refractivity contribution in [3.8, 4) is 0 Å². The smallest absolute Gasteiger partial charge is 0.0902 e. The van der Waals surface area contributed by atoms with E-state index in [9.17, 15) is 0 Å². The molecule has 2 radical (unpaired) electrons. The molecule has 1 aromatic rings. The zero-order chi connectivity index (χ0) is 3.54. The van der Waals surface area contributed by atoms with Crippen molar-refractivity contribution in [2.45, 2.75) is 0 Å². The second kappa shape index (κ2) is 3.27. The maximum atomic E-state index is 4.58. The minimum atomic E-state index is 0. The first kappa shape index (κ1) is 6.07. The van der Waals surface area contributed by atoms with E-state index in [0.29, 0.717) is 0 Å². The molecule has 0 aliphatic rings. The van der Waals surface area contributed by atoms with Gasteiger partial charge in [-0.15, -0.1) is 0 Å². The van der Waals surface area contributed by atoms with E-state index in [0.717, 1.165) is 0 Å². The van der Waals surface area contributed by atoms with Gasteiger partial charge in [0.2, 0.25) is 0 Å². The Labute approximate surface area is 53.1 Å². The van der Waals surface area contributed by atoms with Gasteiger partial charge in [-0.3, -0.25) is 0 Å². The zero-order valence-corrected chi connectivity index (χ0v) is 5.46. The van der Waals surface area contributed by atoms with Crippen LogP contribution in [-0.4, -0.2) is 23.7 Å². The van der Waals surface area contributed by atoms with Gasteiger partial charge in [-0.25, -0.2) is 0 Å². The summed E-state index contributed by atoms with van der Waals surface area (Å²) in [5, 5.41) is 0. The third-order valence-electron chi connectivity index (χ3n) is 0.425. The third kappa shape index (κ3) is 1.49. The van der Waals surface area contributed by atoms with Gasteiger partial charge < -0.3 is 4.42 Å². The van der Waals surface area contributed by atoms with Crippen LogP contribution in [0.5, 0.6) is 0 Å². The number of furan rings is 1. The molecule has 0 aliphatic carbocycles. The van der Waals surface area contributed by atoms with Crippen LogP contribution >= 0.6 is 0 Å². The Balaban J connectivity index is 0.000000250. The first-order chi connectivity index (χ1) is 2.50. The summed E-state index contributed by atoms with van der Waals surface area (Å²) in [5.74, 6) is 0. The van der Waals surface area contributed by atoms with Crippen LogP contribution in [0.2, 0.25) is 0 Å². The van der Waals surface area contributed by atoms with Gasteiger partial charge in [0.05, 0.1) is 12.5 Å². The minimum Gasteiger partial charge on any atom is -0.473 e. The second-order valence-corrected chi connectivity index (χ2v) is 0.793. The van der Waals surface area contributed by atoms with Gasteiger partial charge >= 0.3 is 0 Å². The molecule has 0 bridgehead atoms. The molecule has 0 atom stereocenters. The third-order valence-corrected chi connectivity index (χ3v) is 0.425. The molecule has 0 amide bonds. The zero-order valence-electron chi connectivity index (χ0n) is 3.13. The van der Waals surface area contributed by atoms with Crippen LogP contribution in [0.3, 0.4) is 0 Å². The molecule has 6 heavy (non-hydrogen) atoms.